The van der Waals surface area contributed by atoms with Crippen molar-refractivity contribution in [3.05, 3.63) is 35.4 Å². The Balaban J connectivity index is 2.48. The zero-order valence-electron chi connectivity index (χ0n) is 9.54. The van der Waals surface area contributed by atoms with Crippen molar-refractivity contribution < 1.29 is 18.3 Å². The summed E-state index contributed by atoms with van der Waals surface area (Å²) in [4.78, 5) is 0. The third-order valence-corrected chi connectivity index (χ3v) is 2.40. The van der Waals surface area contributed by atoms with Gasteiger partial charge in [-0.15, -0.1) is 0 Å². The fraction of sp³-hybridized carbons (Fsp3) is 0.417. The minimum atomic E-state index is -4.51. The van der Waals surface area contributed by atoms with Gasteiger partial charge in [-0.1, -0.05) is 24.3 Å². The van der Waals surface area contributed by atoms with Crippen LogP contribution >= 0.6 is 0 Å². The molecule has 0 aromatic heterocycles. The highest BCUT2D eigenvalue weighted by molar-refractivity contribution is 5.22. The van der Waals surface area contributed by atoms with E-state index in [9.17, 15) is 13.2 Å². The van der Waals surface area contributed by atoms with E-state index in [1.165, 1.54) is 6.07 Å². The fourth-order valence-corrected chi connectivity index (χ4v) is 1.43. The summed E-state index contributed by atoms with van der Waals surface area (Å²) in [6.45, 7) is -0.331. The lowest BCUT2D eigenvalue weighted by Gasteiger charge is -2.14. The highest BCUT2D eigenvalue weighted by Crippen LogP contribution is 2.24. The Labute approximate surface area is 103 Å². The van der Waals surface area contributed by atoms with Crippen molar-refractivity contribution in [3.8, 4) is 6.07 Å². The molecule has 0 radical (unpaired) electrons. The summed E-state index contributed by atoms with van der Waals surface area (Å²) in [5, 5.41) is 19.9. The first-order valence-corrected chi connectivity index (χ1v) is 5.33. The van der Waals surface area contributed by atoms with Crippen molar-refractivity contribution in [1.82, 2.24) is 5.32 Å². The molecule has 1 aromatic carbocycles. The number of hydrogen-bond acceptors (Lipinski definition) is 3. The van der Waals surface area contributed by atoms with E-state index in [0.29, 0.717) is 5.56 Å². The van der Waals surface area contributed by atoms with Crippen molar-refractivity contribution in [1.29, 1.82) is 5.26 Å². The predicted molar refractivity (Wildman–Crippen MR) is 59.2 cm³/mol. The second-order valence-corrected chi connectivity index (χ2v) is 3.83. The summed E-state index contributed by atoms with van der Waals surface area (Å²) in [5.74, 6) is -2.00. The average molecular weight is 258 g/mol. The molecule has 3 nitrogen and oxygen atoms in total. The molecule has 0 heterocycles. The molecule has 1 atom stereocenters. The van der Waals surface area contributed by atoms with Crippen LogP contribution in [0.2, 0.25) is 0 Å². The Morgan fingerprint density at radius 3 is 2.56 bits per heavy atom. The Morgan fingerprint density at radius 1 is 1.33 bits per heavy atom. The number of hydrogen-bond donors (Lipinski definition) is 2. The summed E-state index contributed by atoms with van der Waals surface area (Å²) in [6.07, 6.45) is -4.51. The lowest BCUT2D eigenvalue weighted by molar-refractivity contribution is -0.157. The van der Waals surface area contributed by atoms with Gasteiger partial charge in [0.1, 0.15) is 0 Å². The molecule has 0 amide bonds. The number of nitriles is 1. The molecule has 1 aromatic rings. The van der Waals surface area contributed by atoms with E-state index in [1.54, 1.807) is 24.3 Å². The summed E-state index contributed by atoms with van der Waals surface area (Å²) in [6, 6.07) is 8.09. The van der Waals surface area contributed by atoms with Gasteiger partial charge in [0.25, 0.3) is 0 Å². The first-order chi connectivity index (χ1) is 8.47. The van der Waals surface area contributed by atoms with Gasteiger partial charge in [-0.2, -0.15) is 18.4 Å². The molecule has 0 saturated heterocycles. The monoisotopic (exact) mass is 258 g/mol. The van der Waals surface area contributed by atoms with Gasteiger partial charge in [0.15, 0.2) is 5.92 Å². The van der Waals surface area contributed by atoms with Crippen LogP contribution in [0.1, 0.15) is 11.1 Å². The zero-order chi connectivity index (χ0) is 13.6. The summed E-state index contributed by atoms with van der Waals surface area (Å²) in [5.41, 5.74) is 1.46. The van der Waals surface area contributed by atoms with Gasteiger partial charge in [0.05, 0.1) is 12.7 Å². The number of halogens is 3. The van der Waals surface area contributed by atoms with Crippen molar-refractivity contribution in [2.75, 3.05) is 6.54 Å². The molecule has 0 aliphatic rings. The molecular weight excluding hydrogens is 245 g/mol. The van der Waals surface area contributed by atoms with Crippen LogP contribution in [0.15, 0.2) is 24.3 Å². The fourth-order valence-electron chi connectivity index (χ4n) is 1.43. The quantitative estimate of drug-likeness (QED) is 0.849. The minimum absolute atomic E-state index is 0.114. The Bertz CT molecular complexity index is 426. The number of aliphatic hydroxyl groups is 1. The van der Waals surface area contributed by atoms with E-state index < -0.39 is 18.6 Å². The third kappa shape index (κ3) is 4.35. The number of benzene rings is 1. The maximum atomic E-state index is 12.3. The predicted octanol–water partition coefficient (Wildman–Crippen LogP) is 1.97. The minimum Gasteiger partial charge on any atom is -0.392 e. The molecule has 0 aliphatic carbocycles. The second kappa shape index (κ2) is 6.38. The van der Waals surface area contributed by atoms with Crippen molar-refractivity contribution >= 4 is 0 Å². The average Bonchev–Trinajstić information content (AvgIpc) is 2.33. The van der Waals surface area contributed by atoms with Crippen LogP contribution in [0.25, 0.3) is 0 Å². The number of alkyl halides is 3. The molecular formula is C12H13F3N2O. The van der Waals surface area contributed by atoms with Gasteiger partial charge in [0.2, 0.25) is 0 Å². The van der Waals surface area contributed by atoms with Gasteiger partial charge in [0, 0.05) is 13.1 Å². The molecule has 1 rings (SSSR count). The Hall–Kier alpha value is -1.58. The van der Waals surface area contributed by atoms with E-state index in [-0.39, 0.29) is 13.2 Å². The molecule has 6 heteroatoms. The highest BCUT2D eigenvalue weighted by atomic mass is 19.4. The molecule has 98 valence electrons. The van der Waals surface area contributed by atoms with Crippen LogP contribution in [-0.2, 0) is 13.2 Å². The smallest absolute Gasteiger partial charge is 0.392 e. The van der Waals surface area contributed by atoms with Crippen LogP contribution in [-0.4, -0.2) is 17.8 Å². The first kappa shape index (κ1) is 14.5. The summed E-state index contributed by atoms with van der Waals surface area (Å²) >= 11 is 0. The maximum Gasteiger partial charge on any atom is 0.405 e. The topological polar surface area (TPSA) is 56.0 Å². The van der Waals surface area contributed by atoms with Crippen LogP contribution in [0, 0.1) is 17.2 Å². The third-order valence-electron chi connectivity index (χ3n) is 2.40. The number of nitrogens with zero attached hydrogens (tertiary/aromatic N) is 1. The van der Waals surface area contributed by atoms with E-state index >= 15 is 0 Å². The summed E-state index contributed by atoms with van der Waals surface area (Å²) in [7, 11) is 0. The van der Waals surface area contributed by atoms with E-state index in [0.717, 1.165) is 5.56 Å². The second-order valence-electron chi connectivity index (χ2n) is 3.83. The molecule has 0 aliphatic heterocycles. The van der Waals surface area contributed by atoms with Crippen molar-refractivity contribution in [2.45, 2.75) is 19.3 Å². The van der Waals surface area contributed by atoms with Crippen LogP contribution < -0.4 is 5.32 Å². The lowest BCUT2D eigenvalue weighted by atomic mass is 10.1. The molecule has 0 saturated carbocycles. The molecule has 18 heavy (non-hydrogen) atoms. The molecule has 0 spiro atoms. The largest absolute Gasteiger partial charge is 0.405 e. The van der Waals surface area contributed by atoms with E-state index in [4.69, 9.17) is 10.4 Å². The van der Waals surface area contributed by atoms with Crippen molar-refractivity contribution in [3.63, 3.8) is 0 Å². The lowest BCUT2D eigenvalue weighted by Crippen LogP contribution is -2.32. The molecule has 2 N–H and O–H groups in total. The van der Waals surface area contributed by atoms with Crippen LogP contribution in [0.3, 0.4) is 0 Å². The number of rotatable bonds is 5. The van der Waals surface area contributed by atoms with Gasteiger partial charge in [-0.05, 0) is 11.1 Å². The number of aliphatic hydroxyl groups excluding tert-OH is 1. The van der Waals surface area contributed by atoms with E-state index in [1.807, 2.05) is 0 Å². The Morgan fingerprint density at radius 2 is 2.00 bits per heavy atom. The first-order valence-electron chi connectivity index (χ1n) is 5.33. The summed E-state index contributed by atoms with van der Waals surface area (Å²) < 4.78 is 36.8. The van der Waals surface area contributed by atoms with Gasteiger partial charge in [-0.25, -0.2) is 0 Å². The van der Waals surface area contributed by atoms with Gasteiger partial charge >= 0.3 is 6.18 Å². The van der Waals surface area contributed by atoms with Crippen molar-refractivity contribution in [2.24, 2.45) is 5.92 Å². The SMILES string of the molecule is N#CC(CNCc1cccc(CO)c1)C(F)(F)F. The van der Waals surface area contributed by atoms with Crippen LogP contribution in [0.5, 0.6) is 0 Å². The van der Waals surface area contributed by atoms with E-state index in [2.05, 4.69) is 5.32 Å². The molecule has 1 unspecified atom stereocenters. The highest BCUT2D eigenvalue weighted by Gasteiger charge is 2.39. The standard InChI is InChI=1S/C12H13F3N2O/c13-12(14,15)11(5-16)7-17-6-9-2-1-3-10(4-9)8-18/h1-4,11,17-18H,6-8H2. The van der Waals surface area contributed by atoms with Crippen LogP contribution in [0.4, 0.5) is 13.2 Å². The maximum absolute atomic E-state index is 12.3. The zero-order valence-corrected chi connectivity index (χ0v) is 9.54. The normalized spacial score (nSPS) is 13.1. The molecule has 0 fully saturated rings. The Kier molecular flexibility index (Phi) is 5.13. The van der Waals surface area contributed by atoms with Gasteiger partial charge < -0.3 is 10.4 Å². The number of nitrogens with one attached hydrogen (secondary N) is 1. The molecule has 0 bridgehead atoms. The van der Waals surface area contributed by atoms with Gasteiger partial charge in [-0.3, -0.25) is 0 Å².